The Labute approximate surface area is 137 Å². The lowest BCUT2D eigenvalue weighted by Gasteiger charge is -2.05. The van der Waals surface area contributed by atoms with E-state index in [9.17, 15) is 8.42 Å². The highest BCUT2D eigenvalue weighted by Crippen LogP contribution is 2.28. The van der Waals surface area contributed by atoms with Gasteiger partial charge in [-0.15, -0.1) is 5.10 Å². The van der Waals surface area contributed by atoms with Crippen molar-refractivity contribution < 1.29 is 17.9 Å². The minimum absolute atomic E-state index is 0.0275. The first-order valence-electron chi connectivity index (χ1n) is 6.65. The molecule has 126 valence electrons. The largest absolute Gasteiger partial charge is 0.497 e. The third-order valence-corrected chi connectivity index (χ3v) is 4.00. The lowest BCUT2D eigenvalue weighted by molar-refractivity contribution is 0.394. The summed E-state index contributed by atoms with van der Waals surface area (Å²) in [6.45, 7) is 0. The predicted molar refractivity (Wildman–Crippen MR) is 84.6 cm³/mol. The molecule has 0 spiro atoms. The van der Waals surface area contributed by atoms with Gasteiger partial charge in [-0.3, -0.25) is 0 Å². The molecule has 0 saturated heterocycles. The fourth-order valence-electron chi connectivity index (χ4n) is 2.01. The SMILES string of the molecule is COc1cc(OC)cc(-c2nc3nc(S(C)(=O)=O)nc(N)n3n2)c1. The van der Waals surface area contributed by atoms with Crippen LogP contribution in [0.4, 0.5) is 5.95 Å². The molecular weight excluding hydrogens is 336 g/mol. The van der Waals surface area contributed by atoms with Crippen LogP contribution in [0.2, 0.25) is 0 Å². The number of hydrogen-bond acceptors (Lipinski definition) is 9. The second-order valence-electron chi connectivity index (χ2n) is 4.89. The van der Waals surface area contributed by atoms with Gasteiger partial charge in [0.1, 0.15) is 11.5 Å². The summed E-state index contributed by atoms with van der Waals surface area (Å²) in [5.74, 6) is 1.28. The van der Waals surface area contributed by atoms with Crippen molar-refractivity contribution in [3.8, 4) is 22.9 Å². The molecule has 24 heavy (non-hydrogen) atoms. The summed E-state index contributed by atoms with van der Waals surface area (Å²) in [5, 5.41) is 3.80. The Bertz CT molecular complexity index is 1010. The van der Waals surface area contributed by atoms with E-state index < -0.39 is 15.0 Å². The third-order valence-electron chi connectivity index (χ3n) is 3.15. The van der Waals surface area contributed by atoms with Gasteiger partial charge in [-0.1, -0.05) is 0 Å². The van der Waals surface area contributed by atoms with Crippen molar-refractivity contribution in [2.45, 2.75) is 5.16 Å². The topological polar surface area (TPSA) is 135 Å². The lowest BCUT2D eigenvalue weighted by Crippen LogP contribution is -2.11. The maximum atomic E-state index is 11.6. The van der Waals surface area contributed by atoms with Gasteiger partial charge in [0, 0.05) is 17.9 Å². The normalized spacial score (nSPS) is 11.6. The number of nitrogens with zero attached hydrogens (tertiary/aromatic N) is 5. The Morgan fingerprint density at radius 2 is 1.67 bits per heavy atom. The molecule has 0 fully saturated rings. The molecule has 10 nitrogen and oxygen atoms in total. The Kier molecular flexibility index (Phi) is 3.72. The Balaban J connectivity index is 2.20. The molecule has 1 aromatic carbocycles. The van der Waals surface area contributed by atoms with Gasteiger partial charge in [0.15, 0.2) is 5.82 Å². The van der Waals surface area contributed by atoms with Crippen LogP contribution in [0.25, 0.3) is 17.2 Å². The standard InChI is InChI=1S/C13H14N6O4S/c1-22-8-4-7(5-9(6-8)23-2)10-15-12-17-13(24(3,20)21)16-11(14)19(12)18-10/h4-6H,1-3H3,(H2,14,15,16,17,18). The van der Waals surface area contributed by atoms with E-state index in [-0.39, 0.29) is 17.6 Å². The average Bonchev–Trinajstić information content (AvgIpc) is 2.98. The minimum atomic E-state index is -3.62. The zero-order chi connectivity index (χ0) is 17.5. The number of ether oxygens (including phenoxy) is 2. The van der Waals surface area contributed by atoms with Crippen molar-refractivity contribution >= 4 is 21.6 Å². The molecule has 0 aliphatic heterocycles. The number of rotatable bonds is 4. The van der Waals surface area contributed by atoms with Gasteiger partial charge in [0.25, 0.3) is 10.9 Å². The van der Waals surface area contributed by atoms with Crippen molar-refractivity contribution in [1.82, 2.24) is 24.6 Å². The molecule has 2 N–H and O–H groups in total. The van der Waals surface area contributed by atoms with E-state index >= 15 is 0 Å². The first-order chi connectivity index (χ1) is 11.3. The number of nitrogens with two attached hydrogens (primary N) is 1. The number of methoxy groups -OCH3 is 2. The van der Waals surface area contributed by atoms with Crippen molar-refractivity contribution in [3.63, 3.8) is 0 Å². The molecule has 0 radical (unpaired) electrons. The van der Waals surface area contributed by atoms with Crippen molar-refractivity contribution in [2.75, 3.05) is 26.2 Å². The van der Waals surface area contributed by atoms with Gasteiger partial charge in [-0.25, -0.2) is 8.42 Å². The molecule has 2 aromatic heterocycles. The van der Waals surface area contributed by atoms with E-state index in [2.05, 4.69) is 20.1 Å². The van der Waals surface area contributed by atoms with Crippen molar-refractivity contribution in [2.24, 2.45) is 0 Å². The Hall–Kier alpha value is -2.95. The summed E-state index contributed by atoms with van der Waals surface area (Å²) >= 11 is 0. The van der Waals surface area contributed by atoms with Crippen LogP contribution in [0.15, 0.2) is 23.4 Å². The van der Waals surface area contributed by atoms with Crippen molar-refractivity contribution in [1.29, 1.82) is 0 Å². The summed E-state index contributed by atoms with van der Waals surface area (Å²) in [6.07, 6.45) is 0.989. The van der Waals surface area contributed by atoms with E-state index in [4.69, 9.17) is 15.2 Å². The molecule has 0 amide bonds. The number of aromatic nitrogens is 5. The molecule has 0 aliphatic carbocycles. The van der Waals surface area contributed by atoms with Gasteiger partial charge in [-0.05, 0) is 12.1 Å². The molecule has 3 aromatic rings. The van der Waals surface area contributed by atoms with E-state index in [1.165, 1.54) is 14.2 Å². The van der Waals surface area contributed by atoms with E-state index in [1.54, 1.807) is 18.2 Å². The highest BCUT2D eigenvalue weighted by molar-refractivity contribution is 7.90. The summed E-state index contributed by atoms with van der Waals surface area (Å²) in [7, 11) is -0.566. The van der Waals surface area contributed by atoms with Crippen LogP contribution >= 0.6 is 0 Å². The summed E-state index contributed by atoms with van der Waals surface area (Å²) in [4.78, 5) is 11.8. The van der Waals surface area contributed by atoms with Crippen molar-refractivity contribution in [3.05, 3.63) is 18.2 Å². The van der Waals surface area contributed by atoms with Crippen LogP contribution in [0.3, 0.4) is 0 Å². The zero-order valence-electron chi connectivity index (χ0n) is 13.1. The monoisotopic (exact) mass is 350 g/mol. The molecule has 0 saturated carbocycles. The fraction of sp³-hybridized carbons (Fsp3) is 0.231. The molecular formula is C13H14N6O4S. The van der Waals surface area contributed by atoms with Gasteiger partial charge >= 0.3 is 0 Å². The quantitative estimate of drug-likeness (QED) is 0.699. The maximum absolute atomic E-state index is 11.6. The van der Waals surface area contributed by atoms with Crippen LogP contribution in [0.5, 0.6) is 11.5 Å². The minimum Gasteiger partial charge on any atom is -0.497 e. The Morgan fingerprint density at radius 3 is 2.21 bits per heavy atom. The molecule has 0 unspecified atom stereocenters. The molecule has 0 atom stereocenters. The van der Waals surface area contributed by atoms with Crippen LogP contribution in [-0.4, -0.2) is 53.5 Å². The molecule has 2 heterocycles. The third kappa shape index (κ3) is 2.80. The molecule has 0 bridgehead atoms. The summed E-state index contributed by atoms with van der Waals surface area (Å²) in [6, 6.07) is 5.12. The fourth-order valence-corrected chi connectivity index (χ4v) is 2.52. The summed E-state index contributed by atoms with van der Waals surface area (Å²) < 4.78 is 34.8. The van der Waals surface area contributed by atoms with Gasteiger partial charge in [0.05, 0.1) is 14.2 Å². The second-order valence-corrected chi connectivity index (χ2v) is 6.79. The smallest absolute Gasteiger partial charge is 0.258 e. The Morgan fingerprint density at radius 1 is 1.04 bits per heavy atom. The van der Waals surface area contributed by atoms with Crippen LogP contribution < -0.4 is 15.2 Å². The lowest BCUT2D eigenvalue weighted by atomic mass is 10.2. The molecule has 0 aliphatic rings. The number of fused-ring (bicyclic) bond motifs is 1. The van der Waals surface area contributed by atoms with Gasteiger partial charge in [-0.2, -0.15) is 19.5 Å². The van der Waals surface area contributed by atoms with E-state index in [0.717, 1.165) is 10.8 Å². The average molecular weight is 350 g/mol. The maximum Gasteiger partial charge on any atom is 0.258 e. The van der Waals surface area contributed by atoms with E-state index in [0.29, 0.717) is 17.1 Å². The predicted octanol–water partition coefficient (Wildman–Crippen LogP) is 0.189. The van der Waals surface area contributed by atoms with E-state index in [1.807, 2.05) is 0 Å². The highest BCUT2D eigenvalue weighted by atomic mass is 32.2. The number of benzene rings is 1. The van der Waals surface area contributed by atoms with Crippen LogP contribution in [0, 0.1) is 0 Å². The van der Waals surface area contributed by atoms with Crippen LogP contribution in [-0.2, 0) is 9.84 Å². The number of anilines is 1. The first-order valence-corrected chi connectivity index (χ1v) is 8.55. The first kappa shape index (κ1) is 15.9. The van der Waals surface area contributed by atoms with Crippen LogP contribution in [0.1, 0.15) is 0 Å². The molecule has 3 rings (SSSR count). The highest BCUT2D eigenvalue weighted by Gasteiger charge is 2.18. The second kappa shape index (κ2) is 5.60. The number of sulfone groups is 1. The zero-order valence-corrected chi connectivity index (χ0v) is 13.9. The summed E-state index contributed by atoms with van der Waals surface area (Å²) in [5.41, 5.74) is 6.35. The van der Waals surface area contributed by atoms with Gasteiger partial charge in [0.2, 0.25) is 15.8 Å². The molecule has 11 heteroatoms. The van der Waals surface area contributed by atoms with Gasteiger partial charge < -0.3 is 15.2 Å². The number of hydrogen-bond donors (Lipinski definition) is 1. The number of nitrogen functional groups attached to an aromatic ring is 1.